The highest BCUT2D eigenvalue weighted by atomic mass is 79.9. The molecule has 2 aromatic carbocycles. The molecular weight excluding hydrogens is 370 g/mol. The molecule has 4 heteroatoms. The van der Waals surface area contributed by atoms with Crippen LogP contribution in [0.25, 0.3) is 0 Å². The Morgan fingerprint density at radius 1 is 1.11 bits per heavy atom. The molecule has 0 saturated carbocycles. The number of hydrogen-bond donors (Lipinski definition) is 1. The Kier molecular flexibility index (Phi) is 4.42. The van der Waals surface area contributed by atoms with E-state index in [1.54, 1.807) is 6.07 Å². The van der Waals surface area contributed by atoms with Gasteiger partial charge in [-0.3, -0.25) is 4.79 Å². The van der Waals surface area contributed by atoms with Gasteiger partial charge in [0.1, 0.15) is 0 Å². The topological polar surface area (TPSA) is 29.1 Å². The molecule has 0 aromatic heterocycles. The number of carbonyl (C=O) groups excluding carboxylic acids is 1. The molecule has 0 fully saturated rings. The summed E-state index contributed by atoms with van der Waals surface area (Å²) in [6.07, 6.45) is 0. The summed E-state index contributed by atoms with van der Waals surface area (Å²) in [6, 6.07) is 11.5. The molecule has 19 heavy (non-hydrogen) atoms. The number of aryl methyl sites for hydroxylation is 2. The van der Waals surface area contributed by atoms with Gasteiger partial charge in [-0.25, -0.2) is 0 Å². The van der Waals surface area contributed by atoms with Crippen molar-refractivity contribution in [2.45, 2.75) is 13.8 Å². The van der Waals surface area contributed by atoms with Crippen LogP contribution in [0.3, 0.4) is 0 Å². The summed E-state index contributed by atoms with van der Waals surface area (Å²) in [6.45, 7) is 3.95. The Balaban J connectivity index is 2.31. The maximum atomic E-state index is 12.3. The van der Waals surface area contributed by atoms with Crippen molar-refractivity contribution in [1.29, 1.82) is 0 Å². The van der Waals surface area contributed by atoms with E-state index in [9.17, 15) is 4.79 Å². The standard InChI is InChI=1S/C15H13Br2NO/c1-9-6-7-12(16)13(8-9)18-15(19)11-5-3-4-10(2)14(11)17/h3-8H,1-2H3,(H,18,19). The van der Waals surface area contributed by atoms with Gasteiger partial charge in [-0.15, -0.1) is 0 Å². The van der Waals surface area contributed by atoms with Gasteiger partial charge in [-0.05, 0) is 75.0 Å². The maximum absolute atomic E-state index is 12.3. The molecule has 2 nitrogen and oxygen atoms in total. The number of rotatable bonds is 2. The predicted molar refractivity (Wildman–Crippen MR) is 85.7 cm³/mol. The van der Waals surface area contributed by atoms with Crippen LogP contribution in [0.15, 0.2) is 45.3 Å². The van der Waals surface area contributed by atoms with Crippen LogP contribution in [0.5, 0.6) is 0 Å². The van der Waals surface area contributed by atoms with E-state index in [0.29, 0.717) is 5.56 Å². The second-order valence-electron chi connectivity index (χ2n) is 4.37. The lowest BCUT2D eigenvalue weighted by Gasteiger charge is -2.10. The molecule has 0 heterocycles. The number of amides is 1. The zero-order chi connectivity index (χ0) is 14.0. The summed E-state index contributed by atoms with van der Waals surface area (Å²) in [5.74, 6) is -0.123. The van der Waals surface area contributed by atoms with E-state index in [1.165, 1.54) is 0 Å². The van der Waals surface area contributed by atoms with E-state index >= 15 is 0 Å². The zero-order valence-corrected chi connectivity index (χ0v) is 13.8. The predicted octanol–water partition coefficient (Wildman–Crippen LogP) is 5.08. The molecule has 0 atom stereocenters. The first-order chi connectivity index (χ1) is 8.99. The van der Waals surface area contributed by atoms with Crippen LogP contribution >= 0.6 is 31.9 Å². The number of anilines is 1. The molecule has 0 aliphatic rings. The summed E-state index contributed by atoms with van der Waals surface area (Å²) in [5.41, 5.74) is 3.55. The van der Waals surface area contributed by atoms with Gasteiger partial charge in [0.05, 0.1) is 11.3 Å². The van der Waals surface area contributed by atoms with Crippen molar-refractivity contribution >= 4 is 43.5 Å². The minimum atomic E-state index is -0.123. The number of hydrogen-bond acceptors (Lipinski definition) is 1. The fourth-order valence-corrected chi connectivity index (χ4v) is 2.54. The molecule has 1 amide bonds. The largest absolute Gasteiger partial charge is 0.321 e. The van der Waals surface area contributed by atoms with Gasteiger partial charge in [0, 0.05) is 8.95 Å². The molecule has 98 valence electrons. The molecule has 2 rings (SSSR count). The van der Waals surface area contributed by atoms with Gasteiger partial charge in [-0.2, -0.15) is 0 Å². The minimum Gasteiger partial charge on any atom is -0.321 e. The maximum Gasteiger partial charge on any atom is 0.256 e. The van der Waals surface area contributed by atoms with Gasteiger partial charge >= 0.3 is 0 Å². The highest BCUT2D eigenvalue weighted by Crippen LogP contribution is 2.26. The van der Waals surface area contributed by atoms with Crippen LogP contribution in [0, 0.1) is 13.8 Å². The van der Waals surface area contributed by atoms with Gasteiger partial charge < -0.3 is 5.32 Å². The molecule has 0 bridgehead atoms. The van der Waals surface area contributed by atoms with E-state index in [-0.39, 0.29) is 5.91 Å². The fraction of sp³-hybridized carbons (Fsp3) is 0.133. The first-order valence-electron chi connectivity index (χ1n) is 5.81. The molecule has 2 aromatic rings. The average molecular weight is 383 g/mol. The van der Waals surface area contributed by atoms with E-state index < -0.39 is 0 Å². The summed E-state index contributed by atoms with van der Waals surface area (Å²) in [4.78, 5) is 12.3. The van der Waals surface area contributed by atoms with Crippen LogP contribution in [-0.2, 0) is 0 Å². The van der Waals surface area contributed by atoms with Crippen LogP contribution < -0.4 is 5.32 Å². The monoisotopic (exact) mass is 381 g/mol. The SMILES string of the molecule is Cc1ccc(Br)c(NC(=O)c2cccc(C)c2Br)c1. The van der Waals surface area contributed by atoms with Crippen molar-refractivity contribution in [3.05, 3.63) is 62.0 Å². The molecule has 1 N–H and O–H groups in total. The van der Waals surface area contributed by atoms with Gasteiger partial charge in [-0.1, -0.05) is 18.2 Å². The molecule has 0 aliphatic heterocycles. The number of nitrogens with one attached hydrogen (secondary N) is 1. The Morgan fingerprint density at radius 2 is 1.84 bits per heavy atom. The Labute approximate surface area is 129 Å². The fourth-order valence-electron chi connectivity index (χ4n) is 1.75. The quantitative estimate of drug-likeness (QED) is 0.770. The molecule has 0 saturated heterocycles. The van der Waals surface area contributed by atoms with Crippen molar-refractivity contribution in [3.63, 3.8) is 0 Å². The summed E-state index contributed by atoms with van der Waals surface area (Å²) in [5, 5.41) is 2.92. The second-order valence-corrected chi connectivity index (χ2v) is 6.02. The number of carbonyl (C=O) groups is 1. The van der Waals surface area contributed by atoms with Crippen molar-refractivity contribution in [1.82, 2.24) is 0 Å². The molecule has 0 radical (unpaired) electrons. The summed E-state index contributed by atoms with van der Waals surface area (Å²) < 4.78 is 1.70. The summed E-state index contributed by atoms with van der Waals surface area (Å²) in [7, 11) is 0. The van der Waals surface area contributed by atoms with Gasteiger partial charge in [0.2, 0.25) is 0 Å². The van der Waals surface area contributed by atoms with Crippen molar-refractivity contribution in [3.8, 4) is 0 Å². The highest BCUT2D eigenvalue weighted by molar-refractivity contribution is 9.11. The van der Waals surface area contributed by atoms with Gasteiger partial charge in [0.15, 0.2) is 0 Å². The van der Waals surface area contributed by atoms with Crippen LogP contribution in [0.2, 0.25) is 0 Å². The Bertz CT molecular complexity index is 638. The molecular formula is C15H13Br2NO. The number of halogens is 2. The third-order valence-electron chi connectivity index (χ3n) is 2.81. The Morgan fingerprint density at radius 3 is 2.58 bits per heavy atom. The van der Waals surface area contributed by atoms with Crippen molar-refractivity contribution < 1.29 is 4.79 Å². The highest BCUT2D eigenvalue weighted by Gasteiger charge is 2.12. The summed E-state index contributed by atoms with van der Waals surface area (Å²) >= 11 is 6.89. The second kappa shape index (κ2) is 5.88. The average Bonchev–Trinajstić information content (AvgIpc) is 2.37. The first-order valence-corrected chi connectivity index (χ1v) is 7.40. The lowest BCUT2D eigenvalue weighted by molar-refractivity contribution is 0.102. The van der Waals surface area contributed by atoms with Crippen LogP contribution in [0.4, 0.5) is 5.69 Å². The van der Waals surface area contributed by atoms with Gasteiger partial charge in [0.25, 0.3) is 5.91 Å². The first kappa shape index (κ1) is 14.3. The lowest BCUT2D eigenvalue weighted by Crippen LogP contribution is -2.13. The zero-order valence-electron chi connectivity index (χ0n) is 10.6. The lowest BCUT2D eigenvalue weighted by atomic mass is 10.1. The van der Waals surface area contributed by atoms with E-state index in [1.807, 2.05) is 44.2 Å². The van der Waals surface area contributed by atoms with E-state index in [0.717, 1.165) is 25.8 Å². The minimum absolute atomic E-state index is 0.123. The smallest absolute Gasteiger partial charge is 0.256 e. The normalized spacial score (nSPS) is 10.3. The van der Waals surface area contributed by atoms with E-state index in [4.69, 9.17) is 0 Å². The third-order valence-corrected chi connectivity index (χ3v) is 4.55. The van der Waals surface area contributed by atoms with E-state index in [2.05, 4.69) is 37.2 Å². The van der Waals surface area contributed by atoms with Crippen molar-refractivity contribution in [2.75, 3.05) is 5.32 Å². The molecule has 0 spiro atoms. The van der Waals surface area contributed by atoms with Crippen LogP contribution in [0.1, 0.15) is 21.5 Å². The Hall–Kier alpha value is -1.13. The molecule has 0 aliphatic carbocycles. The molecule has 0 unspecified atom stereocenters. The third kappa shape index (κ3) is 3.25. The van der Waals surface area contributed by atoms with Crippen LogP contribution in [-0.4, -0.2) is 5.91 Å². The number of benzene rings is 2. The van der Waals surface area contributed by atoms with Crippen molar-refractivity contribution in [2.24, 2.45) is 0 Å².